The molecule has 8 nitrogen and oxygen atoms in total. The molecule has 5 aliphatic carbocycles. The first-order valence-corrected chi connectivity index (χ1v) is 18.6. The first-order chi connectivity index (χ1) is 21.7. The van der Waals surface area contributed by atoms with Gasteiger partial charge in [0.2, 0.25) is 0 Å². The molecular formula is C39H66O8. The number of carbonyl (C=O) groups excluding carboxylic acids is 1. The third-order valence-electron chi connectivity index (χ3n) is 15.3. The van der Waals surface area contributed by atoms with Crippen molar-refractivity contribution in [3.63, 3.8) is 0 Å². The van der Waals surface area contributed by atoms with Crippen molar-refractivity contribution in [2.45, 2.75) is 169 Å². The number of allylic oxidation sites excluding steroid dienone is 2. The highest BCUT2D eigenvalue weighted by Crippen LogP contribution is 2.76. The zero-order valence-corrected chi connectivity index (χ0v) is 30.7. The molecule has 0 aliphatic heterocycles. The first kappa shape index (κ1) is 37.2. The Hall–Kier alpha value is -1.03. The Morgan fingerprint density at radius 3 is 2.15 bits per heavy atom. The van der Waals surface area contributed by atoms with Gasteiger partial charge in [-0.1, -0.05) is 46.3 Å². The van der Waals surface area contributed by atoms with E-state index in [0.29, 0.717) is 24.7 Å². The Morgan fingerprint density at radius 1 is 0.851 bits per heavy atom. The van der Waals surface area contributed by atoms with Crippen LogP contribution < -0.4 is 0 Å². The van der Waals surface area contributed by atoms with Crippen molar-refractivity contribution in [1.82, 2.24) is 0 Å². The minimum absolute atomic E-state index is 0.00583. The molecule has 5 aliphatic rings. The summed E-state index contributed by atoms with van der Waals surface area (Å²) >= 11 is 0. The van der Waals surface area contributed by atoms with Crippen LogP contribution in [0.2, 0.25) is 0 Å². The lowest BCUT2D eigenvalue weighted by Crippen LogP contribution is -2.67. The zero-order chi connectivity index (χ0) is 34.9. The van der Waals surface area contributed by atoms with E-state index in [1.807, 2.05) is 6.92 Å². The molecule has 0 radical (unpaired) electrons. The molecule has 0 spiro atoms. The molecule has 5 saturated carbocycles. The number of carbonyl (C=O) groups is 1. The maximum Gasteiger partial charge on any atom is 0.302 e. The number of aliphatic hydroxyl groups excluding tert-OH is 4. The summed E-state index contributed by atoms with van der Waals surface area (Å²) in [7, 11) is 0. The summed E-state index contributed by atoms with van der Waals surface area (Å²) in [5, 5.41) is 56.2. The predicted molar refractivity (Wildman–Crippen MR) is 181 cm³/mol. The van der Waals surface area contributed by atoms with Crippen LogP contribution in [0.15, 0.2) is 11.6 Å². The molecule has 0 aromatic carbocycles. The molecule has 5 N–H and O–H groups in total. The quantitative estimate of drug-likeness (QED) is 0.168. The second-order valence-electron chi connectivity index (χ2n) is 18.4. The van der Waals surface area contributed by atoms with Gasteiger partial charge in [-0.2, -0.15) is 0 Å². The minimum Gasteiger partial charge on any atom is -0.465 e. The number of aliphatic hydroxyl groups is 5. The van der Waals surface area contributed by atoms with Gasteiger partial charge in [0.05, 0.1) is 36.6 Å². The van der Waals surface area contributed by atoms with Crippen molar-refractivity contribution >= 4 is 5.97 Å². The summed E-state index contributed by atoms with van der Waals surface area (Å²) in [6.07, 6.45) is 5.64. The standard InChI is InChI=1S/C39H66O8/c1-22(2)11-10-15-39(9,45)25-12-17-38(8)31(25)26(41)20-29-36(6)16-14-30(35(4,5)28(36)13-18-37(29,38)7)47-27-19-24(21-46-23(3)40)32(42)34(44)33(27)43/h11,24-34,41-45H,10,12-21H2,1-9H3/t24-,25+,26-,27-,28-,29-,30-,31-,32-,33+,34+,36-,37-,38-,39+/m1/s1. The van der Waals surface area contributed by atoms with E-state index < -0.39 is 48.0 Å². The minimum atomic E-state index is -1.37. The van der Waals surface area contributed by atoms with Crippen LogP contribution in [-0.2, 0) is 14.3 Å². The summed E-state index contributed by atoms with van der Waals surface area (Å²) < 4.78 is 11.9. The highest BCUT2D eigenvalue weighted by Gasteiger charge is 2.71. The highest BCUT2D eigenvalue weighted by atomic mass is 16.5. The van der Waals surface area contributed by atoms with Crippen molar-refractivity contribution in [2.75, 3.05) is 6.61 Å². The van der Waals surface area contributed by atoms with Crippen molar-refractivity contribution in [3.8, 4) is 0 Å². The lowest BCUT2D eigenvalue weighted by molar-refractivity contribution is -0.264. The van der Waals surface area contributed by atoms with Crippen molar-refractivity contribution in [2.24, 2.45) is 51.2 Å². The fraction of sp³-hybridized carbons (Fsp3) is 0.923. The smallest absolute Gasteiger partial charge is 0.302 e. The van der Waals surface area contributed by atoms with Gasteiger partial charge in [0, 0.05) is 12.8 Å². The van der Waals surface area contributed by atoms with Gasteiger partial charge in [-0.05, 0) is 130 Å². The molecule has 0 aromatic heterocycles. The molecule has 15 atom stereocenters. The van der Waals surface area contributed by atoms with Gasteiger partial charge in [0.1, 0.15) is 12.2 Å². The van der Waals surface area contributed by atoms with Gasteiger partial charge in [-0.25, -0.2) is 0 Å². The summed E-state index contributed by atoms with van der Waals surface area (Å²) in [5.74, 6) is -0.125. The highest BCUT2D eigenvalue weighted by molar-refractivity contribution is 5.65. The lowest BCUT2D eigenvalue weighted by Gasteiger charge is -2.71. The number of hydrogen-bond donors (Lipinski definition) is 5. The van der Waals surface area contributed by atoms with Gasteiger partial charge in [0.15, 0.2) is 0 Å². The number of fused-ring (bicyclic) bond motifs is 5. The fourth-order valence-corrected chi connectivity index (χ4v) is 12.5. The van der Waals surface area contributed by atoms with E-state index in [1.54, 1.807) is 0 Å². The van der Waals surface area contributed by atoms with Gasteiger partial charge < -0.3 is 35.0 Å². The van der Waals surface area contributed by atoms with Crippen LogP contribution in [0.4, 0.5) is 0 Å². The molecule has 270 valence electrons. The van der Waals surface area contributed by atoms with E-state index in [2.05, 4.69) is 54.5 Å². The summed E-state index contributed by atoms with van der Waals surface area (Å²) in [6.45, 7) is 19.5. The summed E-state index contributed by atoms with van der Waals surface area (Å²) in [5.41, 5.74) is 0.200. The van der Waals surface area contributed by atoms with Crippen LogP contribution in [0.3, 0.4) is 0 Å². The van der Waals surface area contributed by atoms with Crippen LogP contribution in [-0.4, -0.2) is 80.3 Å². The van der Waals surface area contributed by atoms with Crippen LogP contribution in [0.25, 0.3) is 0 Å². The van der Waals surface area contributed by atoms with E-state index in [9.17, 15) is 30.3 Å². The number of ether oxygens (including phenoxy) is 2. The van der Waals surface area contributed by atoms with Gasteiger partial charge >= 0.3 is 5.97 Å². The molecule has 5 rings (SSSR count). The van der Waals surface area contributed by atoms with Crippen molar-refractivity contribution in [3.05, 3.63) is 11.6 Å². The molecule has 0 bridgehead atoms. The molecule has 8 heteroatoms. The Balaban J connectivity index is 1.35. The normalized spacial score (nSPS) is 48.8. The van der Waals surface area contributed by atoms with Crippen LogP contribution in [0, 0.1) is 51.2 Å². The maximum absolute atomic E-state index is 12.1. The van der Waals surface area contributed by atoms with Crippen molar-refractivity contribution < 1.29 is 39.8 Å². The second-order valence-corrected chi connectivity index (χ2v) is 18.4. The zero-order valence-electron chi connectivity index (χ0n) is 30.7. The number of esters is 1. The maximum atomic E-state index is 12.1. The topological polar surface area (TPSA) is 137 Å². The number of hydrogen-bond acceptors (Lipinski definition) is 8. The third-order valence-corrected chi connectivity index (χ3v) is 15.3. The average Bonchev–Trinajstić information content (AvgIpc) is 3.35. The third kappa shape index (κ3) is 6.17. The van der Waals surface area contributed by atoms with E-state index in [0.717, 1.165) is 51.4 Å². The van der Waals surface area contributed by atoms with Gasteiger partial charge in [-0.3, -0.25) is 4.79 Å². The van der Waals surface area contributed by atoms with Crippen LogP contribution in [0.1, 0.15) is 127 Å². The molecule has 0 aromatic rings. The first-order valence-electron chi connectivity index (χ1n) is 18.6. The van der Waals surface area contributed by atoms with E-state index >= 15 is 0 Å². The Bertz CT molecular complexity index is 1180. The summed E-state index contributed by atoms with van der Waals surface area (Å²) in [6, 6.07) is 0. The van der Waals surface area contributed by atoms with E-state index in [1.165, 1.54) is 12.5 Å². The van der Waals surface area contributed by atoms with E-state index in [4.69, 9.17) is 9.47 Å². The Morgan fingerprint density at radius 2 is 1.51 bits per heavy atom. The average molecular weight is 663 g/mol. The molecule has 0 unspecified atom stereocenters. The largest absolute Gasteiger partial charge is 0.465 e. The van der Waals surface area contributed by atoms with Crippen LogP contribution in [0.5, 0.6) is 0 Å². The van der Waals surface area contributed by atoms with Gasteiger partial charge in [-0.15, -0.1) is 0 Å². The summed E-state index contributed by atoms with van der Waals surface area (Å²) in [4.78, 5) is 11.5. The molecule has 5 fully saturated rings. The van der Waals surface area contributed by atoms with E-state index in [-0.39, 0.29) is 46.2 Å². The predicted octanol–water partition coefficient (Wildman–Crippen LogP) is 5.56. The second kappa shape index (κ2) is 12.9. The number of rotatable bonds is 8. The Labute approximate surface area is 283 Å². The van der Waals surface area contributed by atoms with Gasteiger partial charge in [0.25, 0.3) is 0 Å². The fourth-order valence-electron chi connectivity index (χ4n) is 12.5. The molecule has 0 heterocycles. The monoisotopic (exact) mass is 662 g/mol. The molecule has 0 amide bonds. The van der Waals surface area contributed by atoms with Crippen molar-refractivity contribution in [1.29, 1.82) is 0 Å². The molecule has 0 saturated heterocycles. The lowest BCUT2D eigenvalue weighted by atomic mass is 9.35. The SMILES string of the molecule is CC(=O)OC[C@H]1C[C@@H](O[C@@H]2CC[C@]3(C)[C@H](CC[C@]4(C)[C@@H]3C[C@@H](O)[C@H]3[C@@H]([C@@](C)(O)CCC=C(C)C)CC[C@]34C)C2(C)C)[C@H](O)[C@@H](O)[C@@H]1O. The Kier molecular flexibility index (Phi) is 10.3. The molecule has 47 heavy (non-hydrogen) atoms. The molecular weight excluding hydrogens is 596 g/mol. The van der Waals surface area contributed by atoms with Crippen LogP contribution >= 0.6 is 0 Å².